The fraction of sp³-hybridized carbons (Fsp3) is 1.00. The molecule has 0 aliphatic carbocycles. The van der Waals surface area contributed by atoms with E-state index in [-0.39, 0.29) is 12.8 Å². The summed E-state index contributed by atoms with van der Waals surface area (Å²) in [5.41, 5.74) is 0. The minimum Gasteiger partial charge on any atom is -0.364 e. The van der Waals surface area contributed by atoms with E-state index < -0.39 is 34.2 Å². The van der Waals surface area contributed by atoms with Crippen LogP contribution in [0.1, 0.15) is 12.8 Å². The van der Waals surface area contributed by atoms with Crippen LogP contribution in [-0.4, -0.2) is 32.6 Å². The van der Waals surface area contributed by atoms with Crippen molar-refractivity contribution >= 4 is 10.0 Å². The van der Waals surface area contributed by atoms with E-state index >= 15 is 0 Å². The van der Waals surface area contributed by atoms with Crippen molar-refractivity contribution in [3.05, 3.63) is 0 Å². The van der Waals surface area contributed by atoms with Crippen LogP contribution in [0.3, 0.4) is 0 Å². The van der Waals surface area contributed by atoms with E-state index in [2.05, 4.69) is 9.88 Å². The van der Waals surface area contributed by atoms with Crippen LogP contribution < -0.4 is 5.14 Å². The van der Waals surface area contributed by atoms with E-state index in [1.165, 1.54) is 0 Å². The maximum atomic E-state index is 12.1. The summed E-state index contributed by atoms with van der Waals surface area (Å²) in [4.78, 5) is 0. The first-order chi connectivity index (χ1) is 6.18. The molecule has 0 saturated carbocycles. The van der Waals surface area contributed by atoms with E-state index in [1.54, 1.807) is 0 Å². The first-order valence-electron chi connectivity index (χ1n) is 3.91. The largest absolute Gasteiger partial charge is 0.414 e. The summed E-state index contributed by atoms with van der Waals surface area (Å²) in [6, 6.07) is 0. The summed E-state index contributed by atoms with van der Waals surface area (Å²) in [7, 11) is -3.77. The van der Waals surface area contributed by atoms with Gasteiger partial charge in [-0.25, -0.2) is 13.6 Å². The van der Waals surface area contributed by atoms with Crippen LogP contribution in [-0.2, 0) is 14.8 Å². The number of hydrogen-bond acceptors (Lipinski definition) is 3. The zero-order valence-electron chi connectivity index (χ0n) is 7.12. The molecule has 8 heteroatoms. The number of alkyl halides is 3. The molecule has 4 nitrogen and oxygen atoms in total. The lowest BCUT2D eigenvalue weighted by molar-refractivity contribution is -0.213. The normalized spacial score (nSPS) is 29.4. The molecule has 0 aromatic rings. The molecule has 1 saturated heterocycles. The highest BCUT2D eigenvalue weighted by atomic mass is 32.2. The van der Waals surface area contributed by atoms with Crippen LogP contribution in [0.25, 0.3) is 0 Å². The molecule has 0 aromatic heterocycles. The second-order valence-electron chi connectivity index (χ2n) is 3.20. The van der Waals surface area contributed by atoms with E-state index in [1.807, 2.05) is 0 Å². The first kappa shape index (κ1) is 11.7. The number of ether oxygens (including phenoxy) is 1. The standard InChI is InChI=1S/C6H10F3NO3S/c7-6(8,9)5-2-1-4(13-5)3-14(10,11)12/h4-5H,1-3H2,(H2,10,11,12). The lowest BCUT2D eigenvalue weighted by Gasteiger charge is -2.15. The van der Waals surface area contributed by atoms with Gasteiger partial charge in [0.25, 0.3) is 0 Å². The SMILES string of the molecule is NS(=O)(=O)CC1CCC(C(F)(F)F)O1. The number of halogens is 3. The number of primary sulfonamides is 1. The Hall–Kier alpha value is -0.340. The zero-order chi connectivity index (χ0) is 11.0. The van der Waals surface area contributed by atoms with Crippen LogP contribution in [0.4, 0.5) is 13.2 Å². The van der Waals surface area contributed by atoms with Gasteiger partial charge in [0.15, 0.2) is 6.10 Å². The molecule has 0 amide bonds. The molecule has 2 N–H and O–H groups in total. The van der Waals surface area contributed by atoms with Crippen molar-refractivity contribution in [1.29, 1.82) is 0 Å². The van der Waals surface area contributed by atoms with Gasteiger partial charge in [-0.05, 0) is 12.8 Å². The van der Waals surface area contributed by atoms with E-state index in [4.69, 9.17) is 0 Å². The van der Waals surface area contributed by atoms with E-state index in [0.717, 1.165) is 0 Å². The van der Waals surface area contributed by atoms with Gasteiger partial charge in [0.1, 0.15) is 0 Å². The molecule has 14 heavy (non-hydrogen) atoms. The van der Waals surface area contributed by atoms with Crippen LogP contribution in [0, 0.1) is 0 Å². The Morgan fingerprint density at radius 3 is 2.29 bits per heavy atom. The quantitative estimate of drug-likeness (QED) is 0.749. The molecular weight excluding hydrogens is 223 g/mol. The number of sulfonamides is 1. The molecule has 0 bridgehead atoms. The minimum atomic E-state index is -4.42. The summed E-state index contributed by atoms with van der Waals surface area (Å²) in [6.45, 7) is 0. The fourth-order valence-corrected chi connectivity index (χ4v) is 2.09. The monoisotopic (exact) mass is 233 g/mol. The van der Waals surface area contributed by atoms with Gasteiger partial charge in [0.05, 0.1) is 11.9 Å². The minimum absolute atomic E-state index is 0.0700. The average molecular weight is 233 g/mol. The Balaban J connectivity index is 2.50. The maximum absolute atomic E-state index is 12.1. The zero-order valence-corrected chi connectivity index (χ0v) is 7.94. The lowest BCUT2D eigenvalue weighted by Crippen LogP contribution is -2.32. The number of nitrogens with two attached hydrogens (primary N) is 1. The third kappa shape index (κ3) is 3.43. The number of rotatable bonds is 2. The van der Waals surface area contributed by atoms with Crippen molar-refractivity contribution in [2.45, 2.75) is 31.2 Å². The molecule has 1 aliphatic heterocycles. The lowest BCUT2D eigenvalue weighted by atomic mass is 10.2. The molecule has 84 valence electrons. The van der Waals surface area contributed by atoms with Crippen LogP contribution >= 0.6 is 0 Å². The fourth-order valence-electron chi connectivity index (χ4n) is 1.33. The van der Waals surface area contributed by atoms with Gasteiger partial charge in [-0.2, -0.15) is 13.2 Å². The van der Waals surface area contributed by atoms with Gasteiger partial charge >= 0.3 is 6.18 Å². The van der Waals surface area contributed by atoms with Gasteiger partial charge < -0.3 is 4.74 Å². The highest BCUT2D eigenvalue weighted by molar-refractivity contribution is 7.89. The van der Waals surface area contributed by atoms with Crippen LogP contribution in [0.15, 0.2) is 0 Å². The third-order valence-corrected chi connectivity index (χ3v) is 2.73. The van der Waals surface area contributed by atoms with Gasteiger partial charge in [-0.1, -0.05) is 0 Å². The second kappa shape index (κ2) is 3.67. The summed E-state index contributed by atoms with van der Waals surface area (Å²) >= 11 is 0. The average Bonchev–Trinajstić information content (AvgIpc) is 2.29. The highest BCUT2D eigenvalue weighted by Crippen LogP contribution is 2.33. The molecule has 2 atom stereocenters. The van der Waals surface area contributed by atoms with Gasteiger partial charge in [0.2, 0.25) is 10.0 Å². The van der Waals surface area contributed by atoms with Gasteiger partial charge in [-0.3, -0.25) is 0 Å². The first-order valence-corrected chi connectivity index (χ1v) is 5.62. The Kier molecular flexibility index (Phi) is 3.07. The predicted octanol–water partition coefficient (Wildman–Crippen LogP) is 0.385. The van der Waals surface area contributed by atoms with Crippen molar-refractivity contribution in [1.82, 2.24) is 0 Å². The van der Waals surface area contributed by atoms with Crippen molar-refractivity contribution in [2.24, 2.45) is 5.14 Å². The summed E-state index contributed by atoms with van der Waals surface area (Å²) in [5.74, 6) is -0.556. The molecule has 2 unspecified atom stereocenters. The summed E-state index contributed by atoms with van der Waals surface area (Å²) < 4.78 is 61.8. The van der Waals surface area contributed by atoms with Crippen molar-refractivity contribution < 1.29 is 26.3 Å². The molecular formula is C6H10F3NO3S. The van der Waals surface area contributed by atoms with Crippen molar-refractivity contribution in [3.8, 4) is 0 Å². The highest BCUT2D eigenvalue weighted by Gasteiger charge is 2.45. The van der Waals surface area contributed by atoms with Crippen molar-refractivity contribution in [3.63, 3.8) is 0 Å². The summed E-state index contributed by atoms with van der Waals surface area (Å²) in [6.07, 6.45) is -7.34. The Labute approximate surface area is 79.3 Å². The third-order valence-electron chi connectivity index (χ3n) is 1.89. The van der Waals surface area contributed by atoms with Crippen molar-refractivity contribution in [2.75, 3.05) is 5.75 Å². The predicted molar refractivity (Wildman–Crippen MR) is 41.9 cm³/mol. The van der Waals surface area contributed by atoms with E-state index in [9.17, 15) is 21.6 Å². The molecule has 1 fully saturated rings. The Morgan fingerprint density at radius 2 is 1.93 bits per heavy atom. The maximum Gasteiger partial charge on any atom is 0.414 e. The van der Waals surface area contributed by atoms with Crippen LogP contribution in [0.5, 0.6) is 0 Å². The van der Waals surface area contributed by atoms with Gasteiger partial charge in [-0.15, -0.1) is 0 Å². The Bertz CT molecular complexity index is 300. The van der Waals surface area contributed by atoms with E-state index in [0.29, 0.717) is 0 Å². The van der Waals surface area contributed by atoms with Gasteiger partial charge in [0, 0.05) is 0 Å². The second-order valence-corrected chi connectivity index (χ2v) is 4.85. The Morgan fingerprint density at radius 1 is 1.36 bits per heavy atom. The molecule has 1 aliphatic rings. The molecule has 0 spiro atoms. The smallest absolute Gasteiger partial charge is 0.364 e. The molecule has 0 aromatic carbocycles. The van der Waals surface area contributed by atoms with Crippen LogP contribution in [0.2, 0.25) is 0 Å². The topological polar surface area (TPSA) is 69.4 Å². The molecule has 1 heterocycles. The summed E-state index contributed by atoms with van der Waals surface area (Å²) in [5, 5.41) is 4.68. The molecule has 1 rings (SSSR count). The number of hydrogen-bond donors (Lipinski definition) is 1. The molecule has 0 radical (unpaired) electrons.